The molecule has 3 heterocycles. The third-order valence-electron chi connectivity index (χ3n) is 5.60. The lowest BCUT2D eigenvalue weighted by molar-refractivity contribution is -0.134. The van der Waals surface area contributed by atoms with Crippen LogP contribution in [-0.2, 0) is 17.8 Å². The van der Waals surface area contributed by atoms with Crippen molar-refractivity contribution in [2.45, 2.75) is 57.8 Å². The zero-order valence-corrected chi connectivity index (χ0v) is 15.8. The number of likely N-dealkylation sites (tertiary alicyclic amines) is 1. The summed E-state index contributed by atoms with van der Waals surface area (Å²) in [4.78, 5) is 27.5. The van der Waals surface area contributed by atoms with Crippen LogP contribution in [-0.4, -0.2) is 43.9 Å². The van der Waals surface area contributed by atoms with E-state index in [1.165, 1.54) is 16.2 Å². The first-order chi connectivity index (χ1) is 12.8. The summed E-state index contributed by atoms with van der Waals surface area (Å²) in [5, 5.41) is 4.48. The number of aromatic nitrogens is 3. The topological polar surface area (TPSA) is 60.1 Å². The number of alkyl halides is 1. The molecule has 2 unspecified atom stereocenters. The molecule has 0 aliphatic carbocycles. The molecule has 27 heavy (non-hydrogen) atoms. The molecule has 2 aliphatic rings. The largest absolute Gasteiger partial charge is 0.346 e. The van der Waals surface area contributed by atoms with Crippen LogP contribution in [0.2, 0.25) is 0 Å². The highest BCUT2D eigenvalue weighted by Crippen LogP contribution is 2.30. The summed E-state index contributed by atoms with van der Waals surface area (Å²) in [5.41, 5.74) is 0.555. The first kappa shape index (κ1) is 17.9. The van der Waals surface area contributed by atoms with Gasteiger partial charge >= 0.3 is 5.69 Å². The monoisotopic (exact) mass is 372 g/mol. The maximum Gasteiger partial charge on any atom is 0.346 e. The van der Waals surface area contributed by atoms with Gasteiger partial charge < -0.3 is 4.90 Å². The number of halogens is 1. The van der Waals surface area contributed by atoms with Crippen molar-refractivity contribution in [3.05, 3.63) is 51.7 Å². The molecule has 2 aromatic rings. The quantitative estimate of drug-likeness (QED) is 0.830. The molecule has 0 spiro atoms. The third-order valence-corrected chi connectivity index (χ3v) is 5.60. The summed E-state index contributed by atoms with van der Waals surface area (Å²) < 4.78 is 17.1. The second-order valence-electron chi connectivity index (χ2n) is 8.04. The van der Waals surface area contributed by atoms with Crippen molar-refractivity contribution in [2.75, 3.05) is 13.1 Å². The van der Waals surface area contributed by atoms with Gasteiger partial charge in [0.25, 0.3) is 0 Å². The van der Waals surface area contributed by atoms with Crippen LogP contribution in [0.3, 0.4) is 0 Å². The van der Waals surface area contributed by atoms with Gasteiger partial charge in [-0.25, -0.2) is 13.9 Å². The number of hydrogen-bond donors (Lipinski definition) is 0. The molecule has 144 valence electrons. The Balaban J connectivity index is 1.61. The van der Waals surface area contributed by atoms with Gasteiger partial charge in [-0.2, -0.15) is 5.10 Å². The van der Waals surface area contributed by atoms with Crippen molar-refractivity contribution in [2.24, 2.45) is 0 Å². The number of hydrogen-bond acceptors (Lipinski definition) is 3. The fourth-order valence-electron chi connectivity index (χ4n) is 4.06. The minimum absolute atomic E-state index is 0.101. The number of amides is 1. The lowest BCUT2D eigenvalue weighted by atomic mass is 10.0. The molecule has 1 amide bonds. The molecule has 1 aromatic carbocycles. The highest BCUT2D eigenvalue weighted by atomic mass is 19.1. The lowest BCUT2D eigenvalue weighted by Gasteiger charge is -2.27. The first-order valence-electron chi connectivity index (χ1n) is 9.55. The summed E-state index contributed by atoms with van der Waals surface area (Å²) in [6, 6.07) is 7.40. The molecule has 1 saturated heterocycles. The molecule has 2 atom stereocenters. The molecular formula is C20H25FN4O2. The number of aryl methyl sites for hydroxylation is 2. The second kappa shape index (κ2) is 6.62. The Labute approximate surface area is 157 Å². The molecule has 0 radical (unpaired) electrons. The summed E-state index contributed by atoms with van der Waals surface area (Å²) in [5.74, 6) is 0.494. The Hall–Kier alpha value is -2.44. The van der Waals surface area contributed by atoms with Crippen molar-refractivity contribution in [1.29, 1.82) is 0 Å². The Morgan fingerprint density at radius 1 is 1.33 bits per heavy atom. The third kappa shape index (κ3) is 3.42. The van der Waals surface area contributed by atoms with Gasteiger partial charge in [0.05, 0.1) is 13.1 Å². The van der Waals surface area contributed by atoms with Gasteiger partial charge in [-0.15, -0.1) is 0 Å². The van der Waals surface area contributed by atoms with Gasteiger partial charge in [0, 0.05) is 19.4 Å². The van der Waals surface area contributed by atoms with Gasteiger partial charge in [-0.3, -0.25) is 9.36 Å². The molecule has 1 aromatic heterocycles. The van der Waals surface area contributed by atoms with E-state index in [0.717, 1.165) is 17.5 Å². The predicted octanol–water partition coefficient (Wildman–Crippen LogP) is 2.24. The maximum atomic E-state index is 14.2. The normalized spacial score (nSPS) is 24.9. The van der Waals surface area contributed by atoms with Crippen LogP contribution >= 0.6 is 0 Å². The molecule has 1 fully saturated rings. The van der Waals surface area contributed by atoms with Crippen LogP contribution < -0.4 is 5.69 Å². The second-order valence-corrected chi connectivity index (χ2v) is 8.04. The highest BCUT2D eigenvalue weighted by Gasteiger charge is 2.40. The lowest BCUT2D eigenvalue weighted by Crippen LogP contribution is -2.42. The fraction of sp³-hybridized carbons (Fsp3) is 0.550. The standard InChI is InChI=1S/C20H25FN4O2/c1-14-6-8-15(9-7-14)12-24-19(27)25-16(4-3-5-17(25)22-24)18(26)23-11-10-20(2,21)13-23/h6-9,16H,3-5,10-13H2,1-2H3. The van der Waals surface area contributed by atoms with Gasteiger partial charge in [0.2, 0.25) is 5.91 Å². The van der Waals surface area contributed by atoms with Crippen molar-refractivity contribution in [3.8, 4) is 0 Å². The Kier molecular flexibility index (Phi) is 4.40. The number of carbonyl (C=O) groups is 1. The summed E-state index contributed by atoms with van der Waals surface area (Å²) in [6.45, 7) is 4.43. The molecule has 0 bridgehead atoms. The Morgan fingerprint density at radius 2 is 2.07 bits per heavy atom. The number of nitrogens with zero attached hydrogens (tertiary/aromatic N) is 4. The summed E-state index contributed by atoms with van der Waals surface area (Å²) in [7, 11) is 0. The van der Waals surface area contributed by atoms with Crippen molar-refractivity contribution >= 4 is 5.91 Å². The van der Waals surface area contributed by atoms with Gasteiger partial charge in [0.1, 0.15) is 17.5 Å². The van der Waals surface area contributed by atoms with Crippen molar-refractivity contribution in [3.63, 3.8) is 0 Å². The average molecular weight is 372 g/mol. The first-order valence-corrected chi connectivity index (χ1v) is 9.55. The predicted molar refractivity (Wildman–Crippen MR) is 99.5 cm³/mol. The van der Waals surface area contributed by atoms with Crippen LogP contribution in [0.4, 0.5) is 4.39 Å². The SMILES string of the molecule is Cc1ccc(Cn2nc3n(c2=O)C(C(=O)N2CCC(C)(F)C2)CCC3)cc1. The van der Waals surface area contributed by atoms with Crippen LogP contribution in [0.25, 0.3) is 0 Å². The molecular weight excluding hydrogens is 347 g/mol. The molecule has 0 saturated carbocycles. The fourth-order valence-corrected chi connectivity index (χ4v) is 4.06. The van der Waals surface area contributed by atoms with E-state index in [0.29, 0.717) is 38.2 Å². The summed E-state index contributed by atoms with van der Waals surface area (Å²) >= 11 is 0. The number of fused-ring (bicyclic) bond motifs is 1. The van der Waals surface area contributed by atoms with E-state index in [2.05, 4.69) is 5.10 Å². The van der Waals surface area contributed by atoms with Gasteiger partial charge in [-0.1, -0.05) is 29.8 Å². The zero-order valence-electron chi connectivity index (χ0n) is 15.8. The van der Waals surface area contributed by atoms with Crippen LogP contribution in [0.1, 0.15) is 49.2 Å². The molecule has 7 heteroatoms. The van der Waals surface area contributed by atoms with Crippen LogP contribution in [0, 0.1) is 6.92 Å². The Bertz CT molecular complexity index is 913. The molecule has 4 rings (SSSR count). The minimum atomic E-state index is -1.34. The van der Waals surface area contributed by atoms with Gasteiger partial charge in [0.15, 0.2) is 0 Å². The number of carbonyl (C=O) groups excluding carboxylic acids is 1. The van der Waals surface area contributed by atoms with E-state index in [-0.39, 0.29) is 18.1 Å². The summed E-state index contributed by atoms with van der Waals surface area (Å²) in [6.07, 6.45) is 2.43. The number of rotatable bonds is 3. The van der Waals surface area contributed by atoms with Crippen molar-refractivity contribution in [1.82, 2.24) is 19.2 Å². The van der Waals surface area contributed by atoms with E-state index in [1.54, 1.807) is 4.90 Å². The maximum absolute atomic E-state index is 14.2. The molecule has 0 N–H and O–H groups in total. The highest BCUT2D eigenvalue weighted by molar-refractivity contribution is 5.81. The van der Waals surface area contributed by atoms with E-state index in [9.17, 15) is 14.0 Å². The molecule has 6 nitrogen and oxygen atoms in total. The average Bonchev–Trinajstić information content (AvgIpc) is 3.16. The van der Waals surface area contributed by atoms with E-state index in [4.69, 9.17) is 0 Å². The van der Waals surface area contributed by atoms with E-state index < -0.39 is 11.7 Å². The smallest absolute Gasteiger partial charge is 0.338 e. The van der Waals surface area contributed by atoms with Crippen LogP contribution in [0.15, 0.2) is 29.1 Å². The molecule has 2 aliphatic heterocycles. The zero-order chi connectivity index (χ0) is 19.2. The Morgan fingerprint density at radius 3 is 2.74 bits per heavy atom. The van der Waals surface area contributed by atoms with E-state index >= 15 is 0 Å². The van der Waals surface area contributed by atoms with Crippen LogP contribution in [0.5, 0.6) is 0 Å². The minimum Gasteiger partial charge on any atom is -0.338 e. The van der Waals surface area contributed by atoms with E-state index in [1.807, 2.05) is 31.2 Å². The number of benzene rings is 1. The van der Waals surface area contributed by atoms with Gasteiger partial charge in [-0.05, 0) is 32.3 Å². The van der Waals surface area contributed by atoms with Crippen molar-refractivity contribution < 1.29 is 9.18 Å².